The Hall–Kier alpha value is -1.34. The Morgan fingerprint density at radius 1 is 1.58 bits per heavy atom. The Labute approximate surface area is 113 Å². The molecule has 0 aliphatic carbocycles. The van der Waals surface area contributed by atoms with E-state index in [1.165, 1.54) is 6.07 Å². The van der Waals surface area contributed by atoms with E-state index < -0.39 is 6.61 Å². The fraction of sp³-hybridized carbons (Fsp3) is 0.417. The molecule has 0 spiro atoms. The number of halogens is 2. The van der Waals surface area contributed by atoms with Crippen LogP contribution in [-0.4, -0.2) is 30.2 Å². The van der Waals surface area contributed by atoms with Gasteiger partial charge in [-0.15, -0.1) is 11.8 Å². The molecule has 1 fully saturated rings. The third-order valence-corrected chi connectivity index (χ3v) is 3.64. The van der Waals surface area contributed by atoms with E-state index in [1.54, 1.807) is 30.8 Å². The molecule has 1 aromatic carbocycles. The Balaban J connectivity index is 2.05. The van der Waals surface area contributed by atoms with E-state index in [1.807, 2.05) is 0 Å². The monoisotopic (exact) mass is 288 g/mol. The average molecular weight is 288 g/mol. The number of amides is 1. The quantitative estimate of drug-likeness (QED) is 0.892. The first-order chi connectivity index (χ1) is 9.06. The van der Waals surface area contributed by atoms with E-state index in [4.69, 9.17) is 0 Å². The molecular formula is C12H14F2N2O2S. The van der Waals surface area contributed by atoms with Gasteiger partial charge < -0.3 is 10.1 Å². The lowest BCUT2D eigenvalue weighted by atomic mass is 10.2. The summed E-state index contributed by atoms with van der Waals surface area (Å²) in [4.78, 5) is 11.9. The summed E-state index contributed by atoms with van der Waals surface area (Å²) in [5.74, 6) is 1.35. The number of thioether (sulfide) groups is 1. The van der Waals surface area contributed by atoms with E-state index in [0.717, 1.165) is 5.88 Å². The van der Waals surface area contributed by atoms with Crippen molar-refractivity contribution < 1.29 is 18.3 Å². The molecule has 2 N–H and O–H groups in total. The van der Waals surface area contributed by atoms with Crippen molar-refractivity contribution in [3.63, 3.8) is 0 Å². The zero-order chi connectivity index (χ0) is 13.8. The van der Waals surface area contributed by atoms with Crippen LogP contribution in [0.5, 0.6) is 5.75 Å². The molecule has 1 saturated heterocycles. The first kappa shape index (κ1) is 14.1. The third-order valence-electron chi connectivity index (χ3n) is 2.70. The molecule has 1 aromatic rings. The summed E-state index contributed by atoms with van der Waals surface area (Å²) in [6.45, 7) is -1.21. The second-order valence-electron chi connectivity index (χ2n) is 4.12. The van der Waals surface area contributed by atoms with Gasteiger partial charge in [0.05, 0.1) is 6.04 Å². The average Bonchev–Trinajstić information content (AvgIpc) is 2.86. The number of hydrogen-bond donors (Lipinski definition) is 2. The van der Waals surface area contributed by atoms with Crippen LogP contribution in [0.1, 0.15) is 5.56 Å². The zero-order valence-corrected chi connectivity index (χ0v) is 11.1. The van der Waals surface area contributed by atoms with Crippen molar-refractivity contribution >= 4 is 23.4 Å². The second-order valence-corrected chi connectivity index (χ2v) is 5.15. The molecule has 4 nitrogen and oxygen atoms in total. The number of carbonyl (C=O) groups is 1. The highest BCUT2D eigenvalue weighted by Crippen LogP contribution is 2.24. The molecule has 1 amide bonds. The number of rotatable bonds is 4. The minimum absolute atomic E-state index is 0.0709. The lowest BCUT2D eigenvalue weighted by Gasteiger charge is -2.13. The fourth-order valence-electron chi connectivity index (χ4n) is 1.69. The molecule has 1 unspecified atom stereocenters. The molecule has 0 aromatic heterocycles. The van der Waals surface area contributed by atoms with Crippen molar-refractivity contribution in [3.8, 4) is 5.75 Å². The van der Waals surface area contributed by atoms with Crippen LogP contribution in [0.2, 0.25) is 0 Å². The molecule has 7 heteroatoms. The predicted molar refractivity (Wildman–Crippen MR) is 70.7 cm³/mol. The van der Waals surface area contributed by atoms with Gasteiger partial charge in [-0.25, -0.2) is 0 Å². The van der Waals surface area contributed by atoms with Gasteiger partial charge in [0.1, 0.15) is 5.75 Å². The summed E-state index contributed by atoms with van der Waals surface area (Å²) in [5.41, 5.74) is 1.04. The highest BCUT2D eigenvalue weighted by molar-refractivity contribution is 7.99. The van der Waals surface area contributed by atoms with Crippen LogP contribution in [-0.2, 0) is 4.79 Å². The largest absolute Gasteiger partial charge is 0.434 e. The molecule has 2 rings (SSSR count). The highest BCUT2D eigenvalue weighted by Gasteiger charge is 2.22. The molecule has 1 aliphatic rings. The van der Waals surface area contributed by atoms with E-state index in [2.05, 4.69) is 15.4 Å². The smallest absolute Gasteiger partial charge is 0.387 e. The molecule has 104 valence electrons. The SMILES string of the molecule is Cc1ccc(NC(=O)C2CSCN2)cc1OC(F)F. The maximum Gasteiger partial charge on any atom is 0.387 e. The topological polar surface area (TPSA) is 50.4 Å². The number of benzene rings is 1. The van der Waals surface area contributed by atoms with Gasteiger partial charge in [-0.05, 0) is 18.6 Å². The zero-order valence-electron chi connectivity index (χ0n) is 10.3. The first-order valence-corrected chi connectivity index (χ1v) is 6.89. The van der Waals surface area contributed by atoms with Crippen LogP contribution < -0.4 is 15.4 Å². The van der Waals surface area contributed by atoms with E-state index >= 15 is 0 Å². The number of hydrogen-bond acceptors (Lipinski definition) is 4. The van der Waals surface area contributed by atoms with Gasteiger partial charge in [-0.1, -0.05) is 6.07 Å². The van der Waals surface area contributed by atoms with Crippen molar-refractivity contribution in [2.75, 3.05) is 16.9 Å². The Morgan fingerprint density at radius 2 is 2.37 bits per heavy atom. The summed E-state index contributed by atoms with van der Waals surface area (Å²) in [6.07, 6.45) is 0. The summed E-state index contributed by atoms with van der Waals surface area (Å²) in [6, 6.07) is 4.45. The molecule has 0 bridgehead atoms. The van der Waals surface area contributed by atoms with Gasteiger partial charge >= 0.3 is 6.61 Å². The van der Waals surface area contributed by atoms with Crippen LogP contribution in [0, 0.1) is 6.92 Å². The van der Waals surface area contributed by atoms with Gasteiger partial charge in [-0.3, -0.25) is 10.1 Å². The summed E-state index contributed by atoms with van der Waals surface area (Å²) in [5, 5.41) is 5.72. The first-order valence-electron chi connectivity index (χ1n) is 5.73. The maximum atomic E-state index is 12.2. The maximum absolute atomic E-state index is 12.2. The number of alkyl halides is 2. The summed E-state index contributed by atoms with van der Waals surface area (Å²) >= 11 is 1.64. The Morgan fingerprint density at radius 3 is 3.00 bits per heavy atom. The van der Waals surface area contributed by atoms with Crippen molar-refractivity contribution in [1.82, 2.24) is 5.32 Å². The number of aryl methyl sites for hydroxylation is 1. The van der Waals surface area contributed by atoms with Crippen molar-refractivity contribution in [2.45, 2.75) is 19.6 Å². The Bertz CT molecular complexity index is 465. The normalized spacial score (nSPS) is 18.6. The van der Waals surface area contributed by atoms with Gasteiger partial charge in [0.25, 0.3) is 0 Å². The predicted octanol–water partition coefficient (Wildman–Crippen LogP) is 2.20. The molecular weight excluding hydrogens is 274 g/mol. The Kier molecular flexibility index (Phi) is 4.60. The van der Waals surface area contributed by atoms with Crippen LogP contribution in [0.25, 0.3) is 0 Å². The third kappa shape index (κ3) is 3.81. The van der Waals surface area contributed by atoms with Gasteiger partial charge in [0, 0.05) is 23.4 Å². The second kappa shape index (κ2) is 6.21. The van der Waals surface area contributed by atoms with E-state index in [0.29, 0.717) is 17.0 Å². The van der Waals surface area contributed by atoms with Crippen LogP contribution >= 0.6 is 11.8 Å². The molecule has 1 heterocycles. The lowest BCUT2D eigenvalue weighted by molar-refractivity contribution is -0.117. The van der Waals surface area contributed by atoms with Gasteiger partial charge in [0.2, 0.25) is 5.91 Å². The highest BCUT2D eigenvalue weighted by atomic mass is 32.2. The minimum atomic E-state index is -2.88. The standard InChI is InChI=1S/C12H14F2N2O2S/c1-7-2-3-8(4-10(7)18-12(13)14)16-11(17)9-5-19-6-15-9/h2-4,9,12,15H,5-6H2,1H3,(H,16,17). The molecule has 0 saturated carbocycles. The summed E-state index contributed by atoms with van der Waals surface area (Å²) in [7, 11) is 0. The molecule has 1 atom stereocenters. The number of carbonyl (C=O) groups excluding carboxylic acids is 1. The molecule has 1 aliphatic heterocycles. The lowest BCUT2D eigenvalue weighted by Crippen LogP contribution is -2.37. The van der Waals surface area contributed by atoms with E-state index in [9.17, 15) is 13.6 Å². The number of anilines is 1. The van der Waals surface area contributed by atoms with E-state index in [-0.39, 0.29) is 17.7 Å². The minimum Gasteiger partial charge on any atom is -0.434 e. The van der Waals surface area contributed by atoms with Crippen LogP contribution in [0.4, 0.5) is 14.5 Å². The fourth-order valence-corrected chi connectivity index (χ4v) is 2.64. The van der Waals surface area contributed by atoms with Crippen molar-refractivity contribution in [1.29, 1.82) is 0 Å². The number of nitrogens with one attached hydrogen (secondary N) is 2. The van der Waals surface area contributed by atoms with Crippen molar-refractivity contribution in [2.24, 2.45) is 0 Å². The van der Waals surface area contributed by atoms with Crippen LogP contribution in [0.3, 0.4) is 0 Å². The summed E-state index contributed by atoms with van der Waals surface area (Å²) < 4.78 is 28.8. The molecule has 0 radical (unpaired) electrons. The van der Waals surface area contributed by atoms with Crippen LogP contribution in [0.15, 0.2) is 18.2 Å². The number of ether oxygens (including phenoxy) is 1. The van der Waals surface area contributed by atoms with Gasteiger partial charge in [-0.2, -0.15) is 8.78 Å². The van der Waals surface area contributed by atoms with Crippen molar-refractivity contribution in [3.05, 3.63) is 23.8 Å². The van der Waals surface area contributed by atoms with Gasteiger partial charge in [0.15, 0.2) is 0 Å². The molecule has 19 heavy (non-hydrogen) atoms.